The van der Waals surface area contributed by atoms with Gasteiger partial charge in [0.2, 0.25) is 10.6 Å². The minimum Gasteiger partial charge on any atom is -0.461 e. The number of rotatable bonds is 5. The topological polar surface area (TPSA) is 76.9 Å². The van der Waals surface area contributed by atoms with Crippen LogP contribution in [0.5, 0.6) is 0 Å². The van der Waals surface area contributed by atoms with Crippen molar-refractivity contribution in [3.8, 4) is 28.5 Å². The number of hydrogen-bond acceptors (Lipinski definition) is 5. The predicted octanol–water partition coefficient (Wildman–Crippen LogP) is 4.94. The molecule has 0 radical (unpaired) electrons. The van der Waals surface area contributed by atoms with Crippen molar-refractivity contribution in [1.29, 1.82) is 0 Å². The highest BCUT2D eigenvalue weighted by atomic mass is 32.1. The summed E-state index contributed by atoms with van der Waals surface area (Å²) in [4.78, 5) is 0. The van der Waals surface area contributed by atoms with E-state index in [1.807, 2.05) is 71.5 Å². The van der Waals surface area contributed by atoms with E-state index in [0.29, 0.717) is 16.4 Å². The van der Waals surface area contributed by atoms with Gasteiger partial charge in [-0.25, -0.2) is 9.78 Å². The number of para-hydroxylation sites is 1. The molecule has 0 bridgehead atoms. The molecule has 1 N–H and O–H groups in total. The Labute approximate surface area is 176 Å². The number of nitrogens with one attached hydrogen (secondary N) is 1. The Hall–Kier alpha value is -4.04. The summed E-state index contributed by atoms with van der Waals surface area (Å²) in [5.74, 6) is 1.07. The minimum atomic E-state index is 0.370. The second-order valence-corrected chi connectivity index (χ2v) is 6.85. The highest BCUT2D eigenvalue weighted by molar-refractivity contribution is 7.71. The van der Waals surface area contributed by atoms with Crippen LogP contribution in [0, 0.1) is 4.77 Å². The number of aromatic nitrogens is 5. The lowest BCUT2D eigenvalue weighted by atomic mass is 10.1. The van der Waals surface area contributed by atoms with Gasteiger partial charge in [0.05, 0.1) is 18.2 Å². The monoisotopic (exact) mass is 412 g/mol. The van der Waals surface area contributed by atoms with Crippen LogP contribution in [0.15, 0.2) is 94.8 Å². The molecule has 0 spiro atoms. The summed E-state index contributed by atoms with van der Waals surface area (Å²) in [5.41, 5.74) is 3.62. The number of furan rings is 1. The van der Waals surface area contributed by atoms with Crippen LogP contribution >= 0.6 is 12.2 Å². The van der Waals surface area contributed by atoms with Gasteiger partial charge in [0, 0.05) is 17.3 Å². The molecule has 5 aromatic rings. The average Bonchev–Trinajstić information content (AvgIpc) is 3.54. The van der Waals surface area contributed by atoms with E-state index in [2.05, 4.69) is 15.3 Å². The van der Waals surface area contributed by atoms with Gasteiger partial charge in [0.1, 0.15) is 5.69 Å². The first kappa shape index (κ1) is 18.0. The quantitative estimate of drug-likeness (QED) is 0.328. The second kappa shape index (κ2) is 7.76. The van der Waals surface area contributed by atoms with Crippen molar-refractivity contribution in [2.45, 2.75) is 0 Å². The smallest absolute Gasteiger partial charge is 0.219 e. The third-order valence-corrected chi connectivity index (χ3v) is 4.78. The first-order chi connectivity index (χ1) is 14.8. The first-order valence-corrected chi connectivity index (χ1v) is 9.66. The molecule has 0 saturated carbocycles. The zero-order valence-electron chi connectivity index (χ0n) is 15.7. The van der Waals surface area contributed by atoms with Crippen LogP contribution in [-0.2, 0) is 0 Å². The van der Waals surface area contributed by atoms with Gasteiger partial charge < -0.3 is 4.42 Å². The normalized spacial score (nSPS) is 11.3. The number of nitrogens with zero attached hydrogens (tertiary/aromatic N) is 5. The van der Waals surface area contributed by atoms with Crippen molar-refractivity contribution in [3.05, 3.63) is 95.6 Å². The van der Waals surface area contributed by atoms with E-state index in [0.717, 1.165) is 22.5 Å². The summed E-state index contributed by atoms with van der Waals surface area (Å²) in [6, 6.07) is 23.5. The Kier molecular flexibility index (Phi) is 4.66. The van der Waals surface area contributed by atoms with Gasteiger partial charge in [0.15, 0.2) is 5.76 Å². The zero-order chi connectivity index (χ0) is 20.3. The fraction of sp³-hybridized carbons (Fsp3) is 0. The molecule has 30 heavy (non-hydrogen) atoms. The van der Waals surface area contributed by atoms with Gasteiger partial charge in [-0.3, -0.25) is 0 Å². The minimum absolute atomic E-state index is 0.370. The summed E-state index contributed by atoms with van der Waals surface area (Å²) in [7, 11) is 0. The molecule has 0 aliphatic carbocycles. The Morgan fingerprint density at radius 1 is 0.967 bits per heavy atom. The molecule has 0 amide bonds. The van der Waals surface area contributed by atoms with E-state index in [9.17, 15) is 0 Å². The largest absolute Gasteiger partial charge is 0.461 e. The van der Waals surface area contributed by atoms with Gasteiger partial charge in [-0.05, 0) is 36.5 Å². The van der Waals surface area contributed by atoms with Crippen LogP contribution in [-0.4, -0.2) is 30.9 Å². The molecule has 146 valence electrons. The fourth-order valence-corrected chi connectivity index (χ4v) is 3.28. The van der Waals surface area contributed by atoms with Gasteiger partial charge >= 0.3 is 0 Å². The lowest BCUT2D eigenvalue weighted by molar-refractivity contribution is 0.573. The van der Waals surface area contributed by atoms with E-state index in [-0.39, 0.29) is 0 Å². The number of aromatic amines is 1. The van der Waals surface area contributed by atoms with Gasteiger partial charge in [-0.15, -0.1) is 5.10 Å². The molecule has 2 aromatic carbocycles. The van der Waals surface area contributed by atoms with E-state index in [4.69, 9.17) is 21.7 Å². The molecule has 5 rings (SSSR count). The Morgan fingerprint density at radius 3 is 2.47 bits per heavy atom. The van der Waals surface area contributed by atoms with E-state index >= 15 is 0 Å². The first-order valence-electron chi connectivity index (χ1n) is 9.26. The van der Waals surface area contributed by atoms with Crippen molar-refractivity contribution in [2.75, 3.05) is 0 Å². The zero-order valence-corrected chi connectivity index (χ0v) is 16.5. The van der Waals surface area contributed by atoms with Crippen LogP contribution in [0.3, 0.4) is 0 Å². The van der Waals surface area contributed by atoms with E-state index < -0.39 is 0 Å². The van der Waals surface area contributed by atoms with Gasteiger partial charge in [-0.1, -0.05) is 48.5 Å². The molecule has 3 heterocycles. The molecule has 0 aliphatic rings. The van der Waals surface area contributed by atoms with E-state index in [1.54, 1.807) is 24.6 Å². The maximum Gasteiger partial charge on any atom is 0.219 e. The van der Waals surface area contributed by atoms with Crippen LogP contribution < -0.4 is 0 Å². The van der Waals surface area contributed by atoms with Crippen LogP contribution in [0.25, 0.3) is 28.5 Å². The standard InChI is InChI=1S/C22H16N6OS/c30-22-25-24-21(19-12-7-13-29-19)28(22)23-14-17-15-27(18-10-5-2-6-11-18)26-20(17)16-8-3-1-4-9-16/h1-15H,(H,25,30)/b23-14-. The molecule has 0 atom stereocenters. The van der Waals surface area contributed by atoms with Gasteiger partial charge in [-0.2, -0.15) is 14.9 Å². The third-order valence-electron chi connectivity index (χ3n) is 4.51. The SMILES string of the molecule is S=c1[nH]nc(-c2ccco2)n1/N=C\c1cn(-c2ccccc2)nc1-c1ccccc1. The molecular weight excluding hydrogens is 396 g/mol. The van der Waals surface area contributed by atoms with Crippen molar-refractivity contribution >= 4 is 18.4 Å². The molecule has 8 heteroatoms. The van der Waals surface area contributed by atoms with Crippen molar-refractivity contribution in [3.63, 3.8) is 0 Å². The summed E-state index contributed by atoms with van der Waals surface area (Å²) < 4.78 is 9.18. The lowest BCUT2D eigenvalue weighted by Gasteiger charge is -2.00. The second-order valence-electron chi connectivity index (χ2n) is 6.47. The summed E-state index contributed by atoms with van der Waals surface area (Å²) in [6.45, 7) is 0. The Bertz CT molecular complexity index is 1350. The predicted molar refractivity (Wildman–Crippen MR) is 117 cm³/mol. The molecular formula is C22H16N6OS. The van der Waals surface area contributed by atoms with Crippen molar-refractivity contribution in [2.24, 2.45) is 5.10 Å². The highest BCUT2D eigenvalue weighted by Crippen LogP contribution is 2.23. The van der Waals surface area contributed by atoms with Crippen molar-refractivity contribution < 1.29 is 4.42 Å². The highest BCUT2D eigenvalue weighted by Gasteiger charge is 2.13. The number of H-pyrrole nitrogens is 1. The number of hydrogen-bond donors (Lipinski definition) is 1. The summed E-state index contributed by atoms with van der Waals surface area (Å²) in [6.07, 6.45) is 5.25. The van der Waals surface area contributed by atoms with Crippen LogP contribution in [0.2, 0.25) is 0 Å². The number of benzene rings is 2. The molecule has 0 fully saturated rings. The van der Waals surface area contributed by atoms with Gasteiger partial charge in [0.25, 0.3) is 0 Å². The molecule has 3 aromatic heterocycles. The summed E-state index contributed by atoms with van der Waals surface area (Å²) in [5, 5.41) is 16.3. The van der Waals surface area contributed by atoms with E-state index in [1.165, 1.54) is 4.68 Å². The lowest BCUT2D eigenvalue weighted by Crippen LogP contribution is -1.94. The maximum atomic E-state index is 5.44. The molecule has 0 saturated heterocycles. The maximum absolute atomic E-state index is 5.44. The van der Waals surface area contributed by atoms with Crippen LogP contribution in [0.1, 0.15) is 5.56 Å². The Balaban J connectivity index is 1.60. The third kappa shape index (κ3) is 3.40. The average molecular weight is 412 g/mol. The molecule has 7 nitrogen and oxygen atoms in total. The Morgan fingerprint density at radius 2 is 1.73 bits per heavy atom. The molecule has 0 unspecified atom stereocenters. The molecule has 0 aliphatic heterocycles. The summed E-state index contributed by atoms with van der Waals surface area (Å²) >= 11 is 5.34. The van der Waals surface area contributed by atoms with Crippen molar-refractivity contribution in [1.82, 2.24) is 24.7 Å². The fourth-order valence-electron chi connectivity index (χ4n) is 3.10. The van der Waals surface area contributed by atoms with Crippen LogP contribution in [0.4, 0.5) is 0 Å².